The van der Waals surface area contributed by atoms with Crippen molar-refractivity contribution in [2.24, 2.45) is 0 Å². The van der Waals surface area contributed by atoms with Crippen molar-refractivity contribution in [2.75, 3.05) is 0 Å². The number of hydrogen-bond donors (Lipinski definition) is 2. The Kier molecular flexibility index (Phi) is 3.68. The SMILES string of the molecule is C/C(=C/c1ccc(C(=O)O)cc1O)c1cc2c(cc1C)C1CCC2C1. The van der Waals surface area contributed by atoms with E-state index in [2.05, 4.69) is 19.1 Å². The minimum atomic E-state index is -1.04. The van der Waals surface area contributed by atoms with Gasteiger partial charge in [0, 0.05) is 5.56 Å². The highest BCUT2D eigenvalue weighted by atomic mass is 16.4. The van der Waals surface area contributed by atoms with E-state index in [1.165, 1.54) is 48.1 Å². The van der Waals surface area contributed by atoms with Crippen LogP contribution >= 0.6 is 0 Å². The highest BCUT2D eigenvalue weighted by Crippen LogP contribution is 2.53. The summed E-state index contributed by atoms with van der Waals surface area (Å²) in [7, 11) is 0. The fraction of sp³-hybridized carbons (Fsp3) is 0.318. The van der Waals surface area contributed by atoms with Crippen LogP contribution < -0.4 is 0 Å². The van der Waals surface area contributed by atoms with Crippen LogP contribution in [0.15, 0.2) is 30.3 Å². The van der Waals surface area contributed by atoms with Crippen molar-refractivity contribution in [1.82, 2.24) is 0 Å². The average molecular weight is 334 g/mol. The van der Waals surface area contributed by atoms with E-state index < -0.39 is 5.97 Å². The molecule has 2 aromatic rings. The smallest absolute Gasteiger partial charge is 0.335 e. The zero-order valence-corrected chi connectivity index (χ0v) is 14.5. The minimum Gasteiger partial charge on any atom is -0.507 e. The van der Waals surface area contributed by atoms with Crippen molar-refractivity contribution >= 4 is 17.6 Å². The second-order valence-electron chi connectivity index (χ2n) is 7.41. The van der Waals surface area contributed by atoms with Crippen molar-refractivity contribution in [3.63, 3.8) is 0 Å². The normalized spacial score (nSPS) is 21.4. The number of aromatic hydroxyl groups is 1. The maximum Gasteiger partial charge on any atom is 0.335 e. The maximum atomic E-state index is 11.0. The second kappa shape index (κ2) is 5.76. The van der Waals surface area contributed by atoms with Crippen LogP contribution in [0.5, 0.6) is 5.75 Å². The number of aryl methyl sites for hydroxylation is 1. The van der Waals surface area contributed by atoms with Crippen LogP contribution in [0, 0.1) is 6.92 Å². The van der Waals surface area contributed by atoms with E-state index in [1.807, 2.05) is 13.0 Å². The highest BCUT2D eigenvalue weighted by molar-refractivity contribution is 5.90. The predicted octanol–water partition coefficient (Wildman–Crippen LogP) is 5.32. The first kappa shape index (κ1) is 15.9. The molecule has 0 saturated heterocycles. The first-order valence-electron chi connectivity index (χ1n) is 8.83. The van der Waals surface area contributed by atoms with Crippen molar-refractivity contribution in [3.8, 4) is 5.75 Å². The Bertz CT molecular complexity index is 908. The molecule has 0 amide bonds. The molecule has 2 aliphatic rings. The number of carboxylic acids is 1. The van der Waals surface area contributed by atoms with Gasteiger partial charge in [0.2, 0.25) is 0 Å². The van der Waals surface area contributed by atoms with Gasteiger partial charge in [0.25, 0.3) is 0 Å². The summed E-state index contributed by atoms with van der Waals surface area (Å²) in [6, 6.07) is 9.17. The van der Waals surface area contributed by atoms with Crippen LogP contribution in [0.4, 0.5) is 0 Å². The Hall–Kier alpha value is -2.55. The summed E-state index contributed by atoms with van der Waals surface area (Å²) < 4.78 is 0. The minimum absolute atomic E-state index is 0.00267. The molecule has 1 saturated carbocycles. The Morgan fingerprint density at radius 1 is 1.12 bits per heavy atom. The molecule has 0 radical (unpaired) electrons. The molecular weight excluding hydrogens is 312 g/mol. The fourth-order valence-corrected chi connectivity index (χ4v) is 4.54. The van der Waals surface area contributed by atoms with E-state index in [-0.39, 0.29) is 11.3 Å². The molecule has 2 aromatic carbocycles. The summed E-state index contributed by atoms with van der Waals surface area (Å²) in [5.41, 5.74) is 7.35. The van der Waals surface area contributed by atoms with E-state index >= 15 is 0 Å². The number of carbonyl (C=O) groups is 1. The number of fused-ring (bicyclic) bond motifs is 5. The third-order valence-corrected chi connectivity index (χ3v) is 5.82. The first-order chi connectivity index (χ1) is 11.9. The van der Waals surface area contributed by atoms with Crippen molar-refractivity contribution in [3.05, 3.63) is 63.7 Å². The molecule has 2 atom stereocenters. The maximum absolute atomic E-state index is 11.0. The number of allylic oxidation sites excluding steroid dienone is 1. The number of hydrogen-bond acceptors (Lipinski definition) is 2. The Labute approximate surface area is 147 Å². The van der Waals surface area contributed by atoms with Gasteiger partial charge >= 0.3 is 5.97 Å². The lowest BCUT2D eigenvalue weighted by Gasteiger charge is -2.18. The number of phenols is 1. The number of benzene rings is 2. The van der Waals surface area contributed by atoms with Gasteiger partial charge in [0.1, 0.15) is 5.75 Å². The standard InChI is InChI=1S/C22H22O3/c1-12(7-16-5-6-17(22(24)25)10-21(16)23)18-11-20-15-4-3-14(9-15)19(20)8-13(18)2/h5-8,10-11,14-15,23H,3-4,9H2,1-2H3,(H,24,25)/b12-7-. The molecule has 2 bridgehead atoms. The van der Waals surface area contributed by atoms with Gasteiger partial charge < -0.3 is 10.2 Å². The van der Waals surface area contributed by atoms with Gasteiger partial charge in [0.15, 0.2) is 0 Å². The van der Waals surface area contributed by atoms with E-state index in [0.717, 1.165) is 17.4 Å². The largest absolute Gasteiger partial charge is 0.507 e. The second-order valence-corrected chi connectivity index (χ2v) is 7.41. The molecule has 0 aromatic heterocycles. The monoisotopic (exact) mass is 334 g/mol. The summed E-state index contributed by atoms with van der Waals surface area (Å²) in [5.74, 6) is 0.434. The van der Waals surface area contributed by atoms with Crippen molar-refractivity contribution in [2.45, 2.75) is 44.9 Å². The number of carboxylic acid groups (broad SMARTS) is 1. The van der Waals surface area contributed by atoms with E-state index in [9.17, 15) is 9.90 Å². The molecule has 25 heavy (non-hydrogen) atoms. The molecule has 128 valence electrons. The van der Waals surface area contributed by atoms with E-state index in [4.69, 9.17) is 5.11 Å². The summed E-state index contributed by atoms with van der Waals surface area (Å²) in [6.07, 6.45) is 5.87. The van der Waals surface area contributed by atoms with Crippen molar-refractivity contribution < 1.29 is 15.0 Å². The van der Waals surface area contributed by atoms with Crippen molar-refractivity contribution in [1.29, 1.82) is 0 Å². The Morgan fingerprint density at radius 3 is 2.44 bits per heavy atom. The van der Waals surface area contributed by atoms with E-state index in [1.54, 1.807) is 11.6 Å². The Morgan fingerprint density at radius 2 is 1.80 bits per heavy atom. The van der Waals surface area contributed by atoms with Gasteiger partial charge in [-0.3, -0.25) is 0 Å². The quantitative estimate of drug-likeness (QED) is 0.746. The molecule has 1 fully saturated rings. The summed E-state index contributed by atoms with van der Waals surface area (Å²) in [6.45, 7) is 4.19. The summed E-state index contributed by atoms with van der Waals surface area (Å²) in [4.78, 5) is 11.0. The predicted molar refractivity (Wildman–Crippen MR) is 99.1 cm³/mol. The van der Waals surface area contributed by atoms with Gasteiger partial charge in [-0.2, -0.15) is 0 Å². The molecular formula is C22H22O3. The lowest BCUT2D eigenvalue weighted by molar-refractivity contribution is 0.0696. The number of aromatic carboxylic acids is 1. The lowest BCUT2D eigenvalue weighted by Crippen LogP contribution is -2.01. The summed E-state index contributed by atoms with van der Waals surface area (Å²) in [5, 5.41) is 19.1. The van der Waals surface area contributed by atoms with Gasteiger partial charge in [-0.25, -0.2) is 4.79 Å². The third kappa shape index (κ3) is 2.64. The molecule has 2 aliphatic carbocycles. The number of rotatable bonds is 3. The van der Waals surface area contributed by atoms with E-state index in [0.29, 0.717) is 5.56 Å². The molecule has 0 heterocycles. The van der Waals surface area contributed by atoms with Gasteiger partial charge in [0.05, 0.1) is 5.56 Å². The lowest BCUT2D eigenvalue weighted by atomic mass is 9.86. The van der Waals surface area contributed by atoms with Crippen LogP contribution in [-0.2, 0) is 0 Å². The molecule has 2 unspecified atom stereocenters. The topological polar surface area (TPSA) is 57.5 Å². The van der Waals surface area contributed by atoms with Crippen LogP contribution in [0.3, 0.4) is 0 Å². The zero-order valence-electron chi connectivity index (χ0n) is 14.5. The Balaban J connectivity index is 1.72. The molecule has 3 heteroatoms. The molecule has 2 N–H and O–H groups in total. The highest BCUT2D eigenvalue weighted by Gasteiger charge is 2.37. The van der Waals surface area contributed by atoms with Crippen LogP contribution in [0.2, 0.25) is 0 Å². The van der Waals surface area contributed by atoms with Crippen LogP contribution in [0.1, 0.15) is 76.2 Å². The average Bonchev–Trinajstić information content (AvgIpc) is 3.17. The molecule has 3 nitrogen and oxygen atoms in total. The van der Waals surface area contributed by atoms with Crippen LogP contribution in [0.25, 0.3) is 11.6 Å². The summed E-state index contributed by atoms with van der Waals surface area (Å²) >= 11 is 0. The first-order valence-corrected chi connectivity index (χ1v) is 8.83. The van der Waals surface area contributed by atoms with Gasteiger partial charge in [-0.05, 0) is 91.0 Å². The molecule has 0 spiro atoms. The van der Waals surface area contributed by atoms with Gasteiger partial charge in [-0.1, -0.05) is 18.2 Å². The zero-order chi connectivity index (χ0) is 17.7. The molecule has 4 rings (SSSR count). The molecule has 0 aliphatic heterocycles. The third-order valence-electron chi connectivity index (χ3n) is 5.82. The van der Waals surface area contributed by atoms with Gasteiger partial charge in [-0.15, -0.1) is 0 Å². The number of phenolic OH excluding ortho intramolecular Hbond substituents is 1. The fourth-order valence-electron chi connectivity index (χ4n) is 4.54. The van der Waals surface area contributed by atoms with Crippen LogP contribution in [-0.4, -0.2) is 16.2 Å².